The number of ether oxygens (including phenoxy) is 1. The first-order valence-electron chi connectivity index (χ1n) is 5.02. The summed E-state index contributed by atoms with van der Waals surface area (Å²) in [5.41, 5.74) is 0.544. The van der Waals surface area contributed by atoms with Gasteiger partial charge in [0.25, 0.3) is 0 Å². The van der Waals surface area contributed by atoms with E-state index < -0.39 is 0 Å². The summed E-state index contributed by atoms with van der Waals surface area (Å²) in [6.45, 7) is 0. The van der Waals surface area contributed by atoms with E-state index in [2.05, 4.69) is 4.74 Å². The predicted molar refractivity (Wildman–Crippen MR) is 58.3 cm³/mol. The van der Waals surface area contributed by atoms with Crippen LogP contribution in [-0.2, 0) is 9.53 Å². The standard InChI is InChI=1S/C12H14O4/c1-16-12(15)4-2-3-11(14)9-5-7-10(13)8-6-9/h5-8,13H,2-4H2,1H3. The molecule has 4 nitrogen and oxygen atoms in total. The summed E-state index contributed by atoms with van der Waals surface area (Å²) in [6.07, 6.45) is 1.03. The van der Waals surface area contributed by atoms with Crippen LogP contribution in [0.3, 0.4) is 0 Å². The van der Waals surface area contributed by atoms with Gasteiger partial charge in [-0.25, -0.2) is 0 Å². The molecule has 1 rings (SSSR count). The van der Waals surface area contributed by atoms with Crippen LogP contribution in [0, 0.1) is 0 Å². The van der Waals surface area contributed by atoms with Gasteiger partial charge in [-0.1, -0.05) is 0 Å². The van der Waals surface area contributed by atoms with Crippen LogP contribution in [0.5, 0.6) is 5.75 Å². The smallest absolute Gasteiger partial charge is 0.305 e. The number of esters is 1. The maximum absolute atomic E-state index is 11.6. The third-order valence-corrected chi connectivity index (χ3v) is 2.20. The number of carbonyl (C=O) groups is 2. The van der Waals surface area contributed by atoms with Crippen molar-refractivity contribution >= 4 is 11.8 Å². The molecule has 0 unspecified atom stereocenters. The Balaban J connectivity index is 2.41. The van der Waals surface area contributed by atoms with E-state index >= 15 is 0 Å². The number of benzene rings is 1. The fourth-order valence-electron chi connectivity index (χ4n) is 1.29. The zero-order valence-electron chi connectivity index (χ0n) is 9.10. The van der Waals surface area contributed by atoms with Crippen molar-refractivity contribution in [1.82, 2.24) is 0 Å². The Bertz CT molecular complexity index is 367. The average molecular weight is 222 g/mol. The molecule has 4 heteroatoms. The molecule has 0 radical (unpaired) electrons. The SMILES string of the molecule is COC(=O)CCCC(=O)c1ccc(O)cc1. The van der Waals surface area contributed by atoms with Gasteiger partial charge in [-0.2, -0.15) is 0 Å². The fraction of sp³-hybridized carbons (Fsp3) is 0.333. The summed E-state index contributed by atoms with van der Waals surface area (Å²) in [4.78, 5) is 22.4. The number of aromatic hydroxyl groups is 1. The van der Waals surface area contributed by atoms with Crippen molar-refractivity contribution < 1.29 is 19.4 Å². The van der Waals surface area contributed by atoms with Crippen LogP contribution in [0.25, 0.3) is 0 Å². The second-order valence-electron chi connectivity index (χ2n) is 3.40. The summed E-state index contributed by atoms with van der Waals surface area (Å²) in [7, 11) is 1.32. The van der Waals surface area contributed by atoms with Crippen molar-refractivity contribution in [3.63, 3.8) is 0 Å². The Kier molecular flexibility index (Phi) is 4.51. The lowest BCUT2D eigenvalue weighted by Gasteiger charge is -2.01. The number of carbonyl (C=O) groups excluding carboxylic acids is 2. The molecule has 0 fully saturated rings. The highest BCUT2D eigenvalue weighted by Crippen LogP contribution is 2.12. The number of methoxy groups -OCH3 is 1. The highest BCUT2D eigenvalue weighted by atomic mass is 16.5. The molecule has 0 atom stereocenters. The van der Waals surface area contributed by atoms with Gasteiger partial charge >= 0.3 is 5.97 Å². The molecule has 1 aromatic carbocycles. The molecule has 0 heterocycles. The minimum absolute atomic E-state index is 0.0381. The minimum Gasteiger partial charge on any atom is -0.508 e. The first-order valence-corrected chi connectivity index (χ1v) is 5.02. The third-order valence-electron chi connectivity index (χ3n) is 2.20. The van der Waals surface area contributed by atoms with Crippen molar-refractivity contribution in [2.75, 3.05) is 7.11 Å². The van der Waals surface area contributed by atoms with Gasteiger partial charge in [0.15, 0.2) is 5.78 Å². The maximum atomic E-state index is 11.6. The second-order valence-corrected chi connectivity index (χ2v) is 3.40. The molecule has 0 aliphatic carbocycles. The van der Waals surface area contributed by atoms with Crippen LogP contribution in [0.15, 0.2) is 24.3 Å². The fourth-order valence-corrected chi connectivity index (χ4v) is 1.29. The molecule has 0 saturated carbocycles. The van der Waals surface area contributed by atoms with E-state index in [-0.39, 0.29) is 23.9 Å². The summed E-state index contributed by atoms with van der Waals surface area (Å²) >= 11 is 0. The van der Waals surface area contributed by atoms with Crippen LogP contribution in [0.4, 0.5) is 0 Å². The lowest BCUT2D eigenvalue weighted by Crippen LogP contribution is -2.03. The Labute approximate surface area is 93.9 Å². The van der Waals surface area contributed by atoms with Gasteiger partial charge in [0.1, 0.15) is 5.75 Å². The van der Waals surface area contributed by atoms with E-state index in [1.807, 2.05) is 0 Å². The molecular weight excluding hydrogens is 208 g/mol. The molecule has 1 N–H and O–H groups in total. The van der Waals surface area contributed by atoms with Crippen molar-refractivity contribution in [2.45, 2.75) is 19.3 Å². The van der Waals surface area contributed by atoms with Gasteiger partial charge < -0.3 is 9.84 Å². The molecule has 1 aromatic rings. The lowest BCUT2D eigenvalue weighted by atomic mass is 10.1. The number of rotatable bonds is 5. The van der Waals surface area contributed by atoms with Gasteiger partial charge in [0.2, 0.25) is 0 Å². The topological polar surface area (TPSA) is 63.6 Å². The number of phenols is 1. The molecule has 0 spiro atoms. The molecule has 86 valence electrons. The Morgan fingerprint density at radius 2 is 1.81 bits per heavy atom. The van der Waals surface area contributed by atoms with Crippen LogP contribution in [-0.4, -0.2) is 24.0 Å². The van der Waals surface area contributed by atoms with Gasteiger partial charge in [-0.3, -0.25) is 9.59 Å². The van der Waals surface area contributed by atoms with Gasteiger partial charge in [0.05, 0.1) is 7.11 Å². The van der Waals surface area contributed by atoms with Crippen molar-refractivity contribution in [2.24, 2.45) is 0 Å². The average Bonchev–Trinajstić information content (AvgIpc) is 2.29. The number of ketones is 1. The Morgan fingerprint density at radius 1 is 1.19 bits per heavy atom. The molecule has 0 aliphatic heterocycles. The molecule has 0 amide bonds. The molecular formula is C12H14O4. The highest BCUT2D eigenvalue weighted by molar-refractivity contribution is 5.96. The number of Topliss-reactive ketones (excluding diaryl/α,β-unsaturated/α-hetero) is 1. The van der Waals surface area contributed by atoms with E-state index in [0.717, 1.165) is 0 Å². The molecule has 0 aromatic heterocycles. The van der Waals surface area contributed by atoms with Crippen LogP contribution >= 0.6 is 0 Å². The summed E-state index contributed by atoms with van der Waals surface area (Å²) in [6, 6.07) is 6.06. The lowest BCUT2D eigenvalue weighted by molar-refractivity contribution is -0.140. The summed E-state index contributed by atoms with van der Waals surface area (Å²) in [5.74, 6) is -0.214. The second kappa shape index (κ2) is 5.90. The number of hydrogen-bond acceptors (Lipinski definition) is 4. The normalized spacial score (nSPS) is 9.81. The molecule has 16 heavy (non-hydrogen) atoms. The molecule has 0 saturated heterocycles. The van der Waals surface area contributed by atoms with E-state index in [1.54, 1.807) is 12.1 Å². The zero-order valence-corrected chi connectivity index (χ0v) is 9.10. The predicted octanol–water partition coefficient (Wildman–Crippen LogP) is 1.92. The summed E-state index contributed by atoms with van der Waals surface area (Å²) < 4.78 is 4.47. The Morgan fingerprint density at radius 3 is 2.38 bits per heavy atom. The number of hydrogen-bond donors (Lipinski definition) is 1. The first kappa shape index (κ1) is 12.2. The van der Waals surface area contributed by atoms with Crippen molar-refractivity contribution in [3.05, 3.63) is 29.8 Å². The molecule has 0 bridgehead atoms. The van der Waals surface area contributed by atoms with E-state index in [4.69, 9.17) is 5.11 Å². The highest BCUT2D eigenvalue weighted by Gasteiger charge is 2.07. The van der Waals surface area contributed by atoms with Crippen LogP contribution in [0.1, 0.15) is 29.6 Å². The Hall–Kier alpha value is -1.84. The van der Waals surface area contributed by atoms with Crippen LogP contribution < -0.4 is 0 Å². The monoisotopic (exact) mass is 222 g/mol. The quantitative estimate of drug-likeness (QED) is 0.610. The zero-order chi connectivity index (χ0) is 12.0. The van der Waals surface area contributed by atoms with Gasteiger partial charge in [0, 0.05) is 18.4 Å². The number of phenolic OH excluding ortho intramolecular Hbond substituents is 1. The first-order chi connectivity index (χ1) is 7.63. The van der Waals surface area contributed by atoms with Crippen molar-refractivity contribution in [1.29, 1.82) is 0 Å². The van der Waals surface area contributed by atoms with E-state index in [0.29, 0.717) is 18.4 Å². The van der Waals surface area contributed by atoms with E-state index in [9.17, 15) is 9.59 Å². The van der Waals surface area contributed by atoms with E-state index in [1.165, 1.54) is 19.2 Å². The largest absolute Gasteiger partial charge is 0.508 e. The van der Waals surface area contributed by atoms with Gasteiger partial charge in [-0.15, -0.1) is 0 Å². The maximum Gasteiger partial charge on any atom is 0.305 e. The third kappa shape index (κ3) is 3.73. The van der Waals surface area contributed by atoms with Gasteiger partial charge in [-0.05, 0) is 30.7 Å². The minimum atomic E-state index is -0.307. The van der Waals surface area contributed by atoms with Crippen molar-refractivity contribution in [3.8, 4) is 5.75 Å². The summed E-state index contributed by atoms with van der Waals surface area (Å²) in [5, 5.41) is 9.05. The molecule has 0 aliphatic rings. The van der Waals surface area contributed by atoms with Crippen LogP contribution in [0.2, 0.25) is 0 Å².